The molecular weight excluding hydrogens is 236 g/mol. The molecule has 0 aliphatic rings. The van der Waals surface area contributed by atoms with Gasteiger partial charge in [-0.15, -0.1) is 0 Å². The van der Waals surface area contributed by atoms with E-state index < -0.39 is 0 Å². The molecule has 0 aliphatic carbocycles. The molecule has 3 aromatic rings. The van der Waals surface area contributed by atoms with E-state index in [4.69, 9.17) is 5.73 Å². The van der Waals surface area contributed by atoms with Crippen LogP contribution in [0, 0.1) is 0 Å². The number of para-hydroxylation sites is 1. The van der Waals surface area contributed by atoms with Gasteiger partial charge >= 0.3 is 0 Å². The van der Waals surface area contributed by atoms with E-state index >= 15 is 0 Å². The maximum atomic E-state index is 6.34. The van der Waals surface area contributed by atoms with Gasteiger partial charge in [0.05, 0.1) is 11.7 Å². The van der Waals surface area contributed by atoms with Crippen molar-refractivity contribution in [2.45, 2.75) is 12.5 Å². The summed E-state index contributed by atoms with van der Waals surface area (Å²) in [7, 11) is 1.91. The Kier molecular flexibility index (Phi) is 3.01. The summed E-state index contributed by atoms with van der Waals surface area (Å²) in [6, 6.07) is 10.0. The maximum Gasteiger partial charge on any atom is 0.0705 e. The number of aryl methyl sites for hydroxylation is 1. The van der Waals surface area contributed by atoms with Crippen molar-refractivity contribution in [3.05, 3.63) is 60.0 Å². The molecule has 96 valence electrons. The summed E-state index contributed by atoms with van der Waals surface area (Å²) in [5, 5.41) is 5.30. The van der Waals surface area contributed by atoms with E-state index in [-0.39, 0.29) is 6.04 Å². The number of hydrogen-bond donors (Lipinski definition) is 1. The first kappa shape index (κ1) is 11.9. The van der Waals surface area contributed by atoms with Gasteiger partial charge in [-0.2, -0.15) is 5.10 Å². The minimum absolute atomic E-state index is 0.0444. The third-order valence-electron chi connectivity index (χ3n) is 3.30. The van der Waals surface area contributed by atoms with Crippen molar-refractivity contribution < 1.29 is 0 Å². The van der Waals surface area contributed by atoms with E-state index in [2.05, 4.69) is 16.1 Å². The molecule has 0 saturated carbocycles. The second kappa shape index (κ2) is 4.82. The quantitative estimate of drug-likeness (QED) is 0.777. The van der Waals surface area contributed by atoms with Crippen LogP contribution < -0.4 is 5.73 Å². The van der Waals surface area contributed by atoms with Gasteiger partial charge in [0.25, 0.3) is 0 Å². The molecule has 2 N–H and O–H groups in total. The number of pyridine rings is 1. The molecule has 0 bridgehead atoms. The fourth-order valence-electron chi connectivity index (χ4n) is 2.38. The van der Waals surface area contributed by atoms with E-state index in [1.165, 1.54) is 0 Å². The van der Waals surface area contributed by atoms with Gasteiger partial charge in [-0.3, -0.25) is 9.67 Å². The predicted octanol–water partition coefficient (Wildman–Crippen LogP) is 2.21. The SMILES string of the molecule is Cn1cc(CC(N)c2ccnc3ccccc23)cn1. The fraction of sp³-hybridized carbons (Fsp3) is 0.200. The van der Waals surface area contributed by atoms with Gasteiger partial charge in [0.15, 0.2) is 0 Å². The molecular formula is C15H16N4. The zero-order valence-electron chi connectivity index (χ0n) is 10.8. The summed E-state index contributed by atoms with van der Waals surface area (Å²) >= 11 is 0. The van der Waals surface area contributed by atoms with Gasteiger partial charge in [0, 0.05) is 30.9 Å². The summed E-state index contributed by atoms with van der Waals surface area (Å²) in [6.07, 6.45) is 6.47. The first-order chi connectivity index (χ1) is 9.24. The largest absolute Gasteiger partial charge is 0.324 e. The van der Waals surface area contributed by atoms with Crippen LogP contribution >= 0.6 is 0 Å². The number of fused-ring (bicyclic) bond motifs is 1. The third kappa shape index (κ3) is 2.35. The molecule has 1 unspecified atom stereocenters. The van der Waals surface area contributed by atoms with Crippen LogP contribution in [0.3, 0.4) is 0 Å². The molecule has 4 heteroatoms. The molecule has 0 fully saturated rings. The Hall–Kier alpha value is -2.20. The number of aromatic nitrogens is 3. The van der Waals surface area contributed by atoms with Crippen LogP contribution in [0.2, 0.25) is 0 Å². The van der Waals surface area contributed by atoms with Crippen molar-refractivity contribution in [1.82, 2.24) is 14.8 Å². The molecule has 1 atom stereocenters. The lowest BCUT2D eigenvalue weighted by atomic mass is 9.98. The van der Waals surface area contributed by atoms with Gasteiger partial charge in [0.2, 0.25) is 0 Å². The summed E-state index contributed by atoms with van der Waals surface area (Å²) in [5.74, 6) is 0. The molecule has 3 rings (SSSR count). The Morgan fingerprint density at radius 1 is 1.26 bits per heavy atom. The summed E-state index contributed by atoms with van der Waals surface area (Å²) in [6.45, 7) is 0. The number of nitrogens with two attached hydrogens (primary N) is 1. The zero-order valence-corrected chi connectivity index (χ0v) is 10.8. The molecule has 2 heterocycles. The van der Waals surface area contributed by atoms with Gasteiger partial charge in [-0.05, 0) is 29.7 Å². The van der Waals surface area contributed by atoms with Crippen molar-refractivity contribution in [2.75, 3.05) is 0 Å². The normalized spacial score (nSPS) is 12.7. The van der Waals surface area contributed by atoms with Gasteiger partial charge in [-0.1, -0.05) is 18.2 Å². The molecule has 0 radical (unpaired) electrons. The van der Waals surface area contributed by atoms with E-state index in [1.54, 1.807) is 4.68 Å². The van der Waals surface area contributed by atoms with Crippen LogP contribution in [0.1, 0.15) is 17.2 Å². The highest BCUT2D eigenvalue weighted by Gasteiger charge is 2.11. The minimum atomic E-state index is -0.0444. The zero-order chi connectivity index (χ0) is 13.2. The maximum absolute atomic E-state index is 6.34. The number of benzene rings is 1. The van der Waals surface area contributed by atoms with E-state index in [1.807, 2.05) is 49.9 Å². The third-order valence-corrected chi connectivity index (χ3v) is 3.30. The lowest BCUT2D eigenvalue weighted by Crippen LogP contribution is -2.13. The molecule has 19 heavy (non-hydrogen) atoms. The fourth-order valence-corrected chi connectivity index (χ4v) is 2.38. The first-order valence-electron chi connectivity index (χ1n) is 6.31. The Balaban J connectivity index is 1.95. The number of rotatable bonds is 3. The van der Waals surface area contributed by atoms with Crippen LogP contribution in [-0.4, -0.2) is 14.8 Å². The van der Waals surface area contributed by atoms with Crippen molar-refractivity contribution in [3.8, 4) is 0 Å². The van der Waals surface area contributed by atoms with E-state index in [9.17, 15) is 0 Å². The molecule has 1 aromatic carbocycles. The van der Waals surface area contributed by atoms with Crippen molar-refractivity contribution in [3.63, 3.8) is 0 Å². The number of nitrogens with zero attached hydrogens (tertiary/aromatic N) is 3. The van der Waals surface area contributed by atoms with Crippen LogP contribution in [0.15, 0.2) is 48.9 Å². The van der Waals surface area contributed by atoms with Crippen molar-refractivity contribution in [2.24, 2.45) is 12.8 Å². The lowest BCUT2D eigenvalue weighted by molar-refractivity contribution is 0.724. The topological polar surface area (TPSA) is 56.7 Å². The van der Waals surface area contributed by atoms with Crippen LogP contribution in [0.25, 0.3) is 10.9 Å². The number of hydrogen-bond acceptors (Lipinski definition) is 3. The summed E-state index contributed by atoms with van der Waals surface area (Å²) in [4.78, 5) is 4.36. The highest BCUT2D eigenvalue weighted by Crippen LogP contribution is 2.23. The monoisotopic (exact) mass is 252 g/mol. The highest BCUT2D eigenvalue weighted by molar-refractivity contribution is 5.82. The van der Waals surface area contributed by atoms with Crippen LogP contribution in [0.4, 0.5) is 0 Å². The van der Waals surface area contributed by atoms with Gasteiger partial charge in [-0.25, -0.2) is 0 Å². The standard InChI is InChI=1S/C15H16N4/c1-19-10-11(9-18-19)8-14(16)12-6-7-17-15-5-3-2-4-13(12)15/h2-7,9-10,14H,8,16H2,1H3. The highest BCUT2D eigenvalue weighted by atomic mass is 15.2. The van der Waals surface area contributed by atoms with Gasteiger partial charge in [0.1, 0.15) is 0 Å². The van der Waals surface area contributed by atoms with Crippen LogP contribution in [-0.2, 0) is 13.5 Å². The second-order valence-corrected chi connectivity index (χ2v) is 4.75. The Labute approximate surface area is 111 Å². The molecule has 2 aromatic heterocycles. The first-order valence-corrected chi connectivity index (χ1v) is 6.31. The molecule has 0 saturated heterocycles. The summed E-state index contributed by atoms with van der Waals surface area (Å²) < 4.78 is 1.80. The van der Waals surface area contributed by atoms with Crippen molar-refractivity contribution in [1.29, 1.82) is 0 Å². The summed E-state index contributed by atoms with van der Waals surface area (Å²) in [5.41, 5.74) is 9.61. The van der Waals surface area contributed by atoms with Gasteiger partial charge < -0.3 is 5.73 Å². The minimum Gasteiger partial charge on any atom is -0.324 e. The lowest BCUT2D eigenvalue weighted by Gasteiger charge is -2.13. The Morgan fingerprint density at radius 3 is 2.89 bits per heavy atom. The molecule has 0 amide bonds. The van der Waals surface area contributed by atoms with Crippen LogP contribution in [0.5, 0.6) is 0 Å². The van der Waals surface area contributed by atoms with Crippen molar-refractivity contribution >= 4 is 10.9 Å². The molecule has 0 spiro atoms. The smallest absolute Gasteiger partial charge is 0.0705 e. The molecule has 4 nitrogen and oxygen atoms in total. The predicted molar refractivity (Wildman–Crippen MR) is 75.6 cm³/mol. The average Bonchev–Trinajstić information content (AvgIpc) is 2.83. The Bertz CT molecular complexity index is 697. The average molecular weight is 252 g/mol. The van der Waals surface area contributed by atoms with E-state index in [0.717, 1.165) is 28.5 Å². The Morgan fingerprint density at radius 2 is 2.11 bits per heavy atom. The molecule has 0 aliphatic heterocycles. The second-order valence-electron chi connectivity index (χ2n) is 4.75. The van der Waals surface area contributed by atoms with E-state index in [0.29, 0.717) is 0 Å².